The van der Waals surface area contributed by atoms with Crippen molar-refractivity contribution in [3.05, 3.63) is 0 Å². The number of rotatable bonds is 0. The van der Waals surface area contributed by atoms with Crippen LogP contribution in [0.4, 0.5) is 0 Å². The smallest absolute Gasteiger partial charge is 0.152 e. The van der Waals surface area contributed by atoms with E-state index in [1.54, 1.807) is 0 Å². The maximum absolute atomic E-state index is 10.9. The quantitative estimate of drug-likeness (QED) is 0.495. The Morgan fingerprint density at radius 2 is 2.10 bits per heavy atom. The largest absolute Gasteiger partial charge is 0.229 e. The monoisotopic (exact) mass is 160 g/mol. The summed E-state index contributed by atoms with van der Waals surface area (Å²) in [5, 5.41) is 7.63. The lowest BCUT2D eigenvalue weighted by Gasteiger charge is -1.97. The van der Waals surface area contributed by atoms with E-state index in [1.807, 2.05) is 0 Å². The molecule has 1 saturated heterocycles. The molecule has 0 aromatic heterocycles. The minimum absolute atomic E-state index is 0.00926. The normalized spacial score (nSPS) is 42.0. The Bertz CT molecular complexity index is 269. The summed E-state index contributed by atoms with van der Waals surface area (Å²) >= 11 is 0. The molecule has 0 saturated carbocycles. The second-order valence-corrected chi connectivity index (χ2v) is 5.00. The van der Waals surface area contributed by atoms with E-state index in [9.17, 15) is 8.42 Å². The van der Waals surface area contributed by atoms with Crippen molar-refractivity contribution in [1.82, 2.24) is 0 Å². The third-order valence-electron chi connectivity index (χ3n) is 1.98. The molecule has 2 aliphatic rings. The van der Waals surface area contributed by atoms with Gasteiger partial charge in [0.05, 0.1) is 24.1 Å². The summed E-state index contributed by atoms with van der Waals surface area (Å²) in [6.45, 7) is 0.615. The Labute approximate surface area is 59.3 Å². The first-order valence-corrected chi connectivity index (χ1v) is 5.06. The molecule has 0 amide bonds. The molecule has 2 unspecified atom stereocenters. The highest BCUT2D eigenvalue weighted by atomic mass is 32.2. The molecule has 0 aromatic rings. The van der Waals surface area contributed by atoms with Crippen LogP contribution in [-0.2, 0) is 9.84 Å². The first kappa shape index (κ1) is 6.27. The SMILES string of the molecule is O=S1(=O)CC2CN=NC2C1. The molecule has 2 rings (SSSR count). The topological polar surface area (TPSA) is 58.9 Å². The number of fused-ring (bicyclic) bond motifs is 1. The van der Waals surface area contributed by atoms with Gasteiger partial charge in [-0.15, -0.1) is 0 Å². The fourth-order valence-electron chi connectivity index (χ4n) is 1.46. The van der Waals surface area contributed by atoms with Gasteiger partial charge in [0.1, 0.15) is 0 Å². The van der Waals surface area contributed by atoms with Crippen molar-refractivity contribution in [3.63, 3.8) is 0 Å². The average Bonchev–Trinajstić information content (AvgIpc) is 2.20. The summed E-state index contributed by atoms with van der Waals surface area (Å²) in [7, 11) is -2.76. The van der Waals surface area contributed by atoms with E-state index in [0.29, 0.717) is 12.3 Å². The molecule has 0 spiro atoms. The third kappa shape index (κ3) is 0.847. The summed E-state index contributed by atoms with van der Waals surface area (Å²) in [6, 6.07) is -0.00926. The lowest BCUT2D eigenvalue weighted by atomic mass is 10.1. The molecule has 5 heteroatoms. The van der Waals surface area contributed by atoms with Gasteiger partial charge in [0.15, 0.2) is 9.84 Å². The van der Waals surface area contributed by atoms with Gasteiger partial charge >= 0.3 is 0 Å². The molecular formula is C5H8N2O2S. The molecule has 56 valence electrons. The number of hydrogen-bond donors (Lipinski definition) is 0. The van der Waals surface area contributed by atoms with Crippen molar-refractivity contribution in [2.45, 2.75) is 6.04 Å². The lowest BCUT2D eigenvalue weighted by Crippen LogP contribution is -2.12. The predicted molar refractivity (Wildman–Crippen MR) is 35.7 cm³/mol. The zero-order valence-electron chi connectivity index (χ0n) is 5.40. The van der Waals surface area contributed by atoms with Gasteiger partial charge in [-0.1, -0.05) is 0 Å². The Kier molecular flexibility index (Phi) is 1.12. The summed E-state index contributed by atoms with van der Waals surface area (Å²) in [6.07, 6.45) is 0. The molecule has 0 radical (unpaired) electrons. The second kappa shape index (κ2) is 1.78. The molecule has 2 heterocycles. The van der Waals surface area contributed by atoms with E-state index in [2.05, 4.69) is 10.2 Å². The van der Waals surface area contributed by atoms with Crippen LogP contribution in [0.1, 0.15) is 0 Å². The molecule has 0 aromatic carbocycles. The van der Waals surface area contributed by atoms with Crippen molar-refractivity contribution in [1.29, 1.82) is 0 Å². The van der Waals surface area contributed by atoms with Crippen molar-refractivity contribution in [2.24, 2.45) is 16.1 Å². The van der Waals surface area contributed by atoms with Crippen LogP contribution in [0.3, 0.4) is 0 Å². The van der Waals surface area contributed by atoms with Gasteiger partial charge in [-0.3, -0.25) is 0 Å². The highest BCUT2D eigenvalue weighted by Crippen LogP contribution is 2.26. The highest BCUT2D eigenvalue weighted by molar-refractivity contribution is 7.91. The third-order valence-corrected chi connectivity index (χ3v) is 3.77. The minimum atomic E-state index is -2.76. The van der Waals surface area contributed by atoms with Crippen molar-refractivity contribution < 1.29 is 8.42 Å². The van der Waals surface area contributed by atoms with Crippen molar-refractivity contribution in [2.75, 3.05) is 18.1 Å². The van der Waals surface area contributed by atoms with Crippen LogP contribution in [0.25, 0.3) is 0 Å². The Hall–Kier alpha value is -0.450. The molecule has 1 fully saturated rings. The van der Waals surface area contributed by atoms with Gasteiger partial charge in [-0.05, 0) is 0 Å². The fourth-order valence-corrected chi connectivity index (χ4v) is 3.44. The molecule has 2 atom stereocenters. The molecule has 10 heavy (non-hydrogen) atoms. The lowest BCUT2D eigenvalue weighted by molar-refractivity contribution is 0.592. The summed E-state index contributed by atoms with van der Waals surface area (Å²) in [4.78, 5) is 0. The van der Waals surface area contributed by atoms with E-state index >= 15 is 0 Å². The summed E-state index contributed by atoms with van der Waals surface area (Å²) < 4.78 is 21.9. The first-order chi connectivity index (χ1) is 4.67. The van der Waals surface area contributed by atoms with Gasteiger partial charge in [0.25, 0.3) is 0 Å². The van der Waals surface area contributed by atoms with Crippen LogP contribution in [-0.4, -0.2) is 32.5 Å². The van der Waals surface area contributed by atoms with Gasteiger partial charge in [-0.25, -0.2) is 8.42 Å². The van der Waals surface area contributed by atoms with Crippen molar-refractivity contribution >= 4 is 9.84 Å². The van der Waals surface area contributed by atoms with Crippen LogP contribution in [0.2, 0.25) is 0 Å². The summed E-state index contributed by atoms with van der Waals surface area (Å²) in [5.74, 6) is 0.719. The maximum atomic E-state index is 10.9. The van der Waals surface area contributed by atoms with Gasteiger partial charge in [0.2, 0.25) is 0 Å². The Morgan fingerprint density at radius 1 is 1.30 bits per heavy atom. The highest BCUT2D eigenvalue weighted by Gasteiger charge is 2.40. The molecule has 4 nitrogen and oxygen atoms in total. The maximum Gasteiger partial charge on any atom is 0.152 e. The molecule has 0 N–H and O–H groups in total. The second-order valence-electron chi connectivity index (χ2n) is 2.84. The van der Waals surface area contributed by atoms with Crippen LogP contribution >= 0.6 is 0 Å². The van der Waals surface area contributed by atoms with Crippen LogP contribution in [0.5, 0.6) is 0 Å². The van der Waals surface area contributed by atoms with Crippen molar-refractivity contribution in [3.8, 4) is 0 Å². The van der Waals surface area contributed by atoms with E-state index in [0.717, 1.165) is 0 Å². The number of sulfone groups is 1. The van der Waals surface area contributed by atoms with E-state index in [4.69, 9.17) is 0 Å². The molecule has 0 bridgehead atoms. The zero-order valence-corrected chi connectivity index (χ0v) is 6.21. The first-order valence-electron chi connectivity index (χ1n) is 3.24. The Morgan fingerprint density at radius 3 is 2.80 bits per heavy atom. The molecule has 0 aliphatic carbocycles. The van der Waals surface area contributed by atoms with Crippen LogP contribution in [0.15, 0.2) is 10.2 Å². The number of hydrogen-bond acceptors (Lipinski definition) is 4. The van der Waals surface area contributed by atoms with E-state index in [-0.39, 0.29) is 17.7 Å². The Balaban J connectivity index is 2.28. The molecular weight excluding hydrogens is 152 g/mol. The zero-order chi connectivity index (χ0) is 7.19. The van der Waals surface area contributed by atoms with Gasteiger partial charge in [0, 0.05) is 5.92 Å². The standard InChI is InChI=1S/C5H8N2O2S/c8-10(9)2-4-1-6-7-5(4)3-10/h4-5H,1-3H2. The summed E-state index contributed by atoms with van der Waals surface area (Å²) in [5.41, 5.74) is 0. The van der Waals surface area contributed by atoms with E-state index in [1.165, 1.54) is 0 Å². The fraction of sp³-hybridized carbons (Fsp3) is 1.00. The van der Waals surface area contributed by atoms with Crippen LogP contribution in [0, 0.1) is 5.92 Å². The minimum Gasteiger partial charge on any atom is -0.229 e. The van der Waals surface area contributed by atoms with Gasteiger partial charge < -0.3 is 0 Å². The molecule has 2 aliphatic heterocycles. The number of azo groups is 1. The van der Waals surface area contributed by atoms with Crippen LogP contribution < -0.4 is 0 Å². The number of nitrogens with zero attached hydrogens (tertiary/aromatic N) is 2. The van der Waals surface area contributed by atoms with Gasteiger partial charge in [-0.2, -0.15) is 10.2 Å². The average molecular weight is 160 g/mol. The predicted octanol–water partition coefficient (Wildman–Crippen LogP) is -0.135. The van der Waals surface area contributed by atoms with E-state index < -0.39 is 9.84 Å².